The summed E-state index contributed by atoms with van der Waals surface area (Å²) in [4.78, 5) is 12.5. The number of ether oxygens (including phenoxy) is 1. The summed E-state index contributed by atoms with van der Waals surface area (Å²) in [6, 6.07) is 8.19. The number of thiophene rings is 1. The normalized spacial score (nSPS) is 10.1. The van der Waals surface area contributed by atoms with E-state index in [1.807, 2.05) is 5.38 Å². The molecule has 2 rings (SSSR count). The van der Waals surface area contributed by atoms with Crippen LogP contribution in [-0.4, -0.2) is 18.0 Å². The summed E-state index contributed by atoms with van der Waals surface area (Å²) in [6.45, 7) is 0. The minimum Gasteiger partial charge on any atom is -0.507 e. The van der Waals surface area contributed by atoms with Crippen LogP contribution in [0.3, 0.4) is 0 Å². The van der Waals surface area contributed by atoms with E-state index in [0.717, 1.165) is 0 Å². The van der Waals surface area contributed by atoms with Crippen LogP contribution in [-0.2, 0) is 0 Å². The maximum atomic E-state index is 11.9. The van der Waals surface area contributed by atoms with Crippen LogP contribution in [0.2, 0.25) is 0 Å². The smallest absolute Gasteiger partial charge is 0.206 e. The minimum absolute atomic E-state index is 0.0576. The third-order valence-electron chi connectivity index (χ3n) is 2.19. The van der Waals surface area contributed by atoms with Gasteiger partial charge in [0.05, 0.1) is 17.6 Å². The Labute approximate surface area is 96.9 Å². The molecule has 0 unspecified atom stereocenters. The van der Waals surface area contributed by atoms with E-state index in [9.17, 15) is 9.90 Å². The monoisotopic (exact) mass is 234 g/mol. The molecular weight excluding hydrogens is 224 g/mol. The van der Waals surface area contributed by atoms with Crippen molar-refractivity contribution in [1.29, 1.82) is 0 Å². The van der Waals surface area contributed by atoms with Crippen LogP contribution in [0.15, 0.2) is 35.7 Å². The Morgan fingerprint density at radius 2 is 2.19 bits per heavy atom. The number of rotatable bonds is 3. The van der Waals surface area contributed by atoms with Crippen LogP contribution in [0.1, 0.15) is 15.2 Å². The van der Waals surface area contributed by atoms with Gasteiger partial charge in [-0.25, -0.2) is 0 Å². The van der Waals surface area contributed by atoms with Crippen molar-refractivity contribution < 1.29 is 14.6 Å². The number of phenols is 1. The van der Waals surface area contributed by atoms with Crippen LogP contribution in [0.4, 0.5) is 0 Å². The highest BCUT2D eigenvalue weighted by molar-refractivity contribution is 7.12. The SMILES string of the molecule is COc1ccc(C(=O)c2cccs2)c(O)c1. The average Bonchev–Trinajstić information content (AvgIpc) is 2.81. The molecule has 0 bridgehead atoms. The van der Waals surface area contributed by atoms with Gasteiger partial charge in [0.15, 0.2) is 0 Å². The van der Waals surface area contributed by atoms with Crippen molar-refractivity contribution in [2.24, 2.45) is 0 Å². The van der Waals surface area contributed by atoms with Crippen LogP contribution >= 0.6 is 11.3 Å². The first-order valence-corrected chi connectivity index (χ1v) is 5.55. The van der Waals surface area contributed by atoms with Crippen LogP contribution in [0.5, 0.6) is 11.5 Å². The fraction of sp³-hybridized carbons (Fsp3) is 0.0833. The number of carbonyl (C=O) groups is 1. The van der Waals surface area contributed by atoms with Gasteiger partial charge in [-0.15, -0.1) is 11.3 Å². The van der Waals surface area contributed by atoms with Gasteiger partial charge in [0, 0.05) is 6.07 Å². The molecule has 1 N–H and O–H groups in total. The maximum Gasteiger partial charge on any atom is 0.206 e. The number of methoxy groups -OCH3 is 1. The summed E-state index contributed by atoms with van der Waals surface area (Å²) < 4.78 is 4.95. The van der Waals surface area contributed by atoms with Crippen LogP contribution in [0, 0.1) is 0 Å². The average molecular weight is 234 g/mol. The second kappa shape index (κ2) is 4.37. The molecule has 4 heteroatoms. The molecular formula is C12H10O3S. The molecule has 1 aromatic heterocycles. The first-order chi connectivity index (χ1) is 7.72. The summed E-state index contributed by atoms with van der Waals surface area (Å²) in [5, 5.41) is 11.5. The molecule has 0 fully saturated rings. The zero-order valence-electron chi connectivity index (χ0n) is 8.64. The van der Waals surface area contributed by atoms with Crippen molar-refractivity contribution in [3.05, 3.63) is 46.2 Å². The lowest BCUT2D eigenvalue weighted by atomic mass is 10.1. The highest BCUT2D eigenvalue weighted by atomic mass is 32.1. The molecule has 0 atom stereocenters. The van der Waals surface area contributed by atoms with E-state index in [1.165, 1.54) is 24.5 Å². The lowest BCUT2D eigenvalue weighted by Gasteiger charge is -2.04. The maximum absolute atomic E-state index is 11.9. The largest absolute Gasteiger partial charge is 0.507 e. The molecule has 0 saturated heterocycles. The third-order valence-corrected chi connectivity index (χ3v) is 3.06. The van der Waals surface area contributed by atoms with Gasteiger partial charge in [-0.3, -0.25) is 4.79 Å². The molecule has 0 aliphatic carbocycles. The van der Waals surface area contributed by atoms with Gasteiger partial charge in [0.1, 0.15) is 11.5 Å². The Hall–Kier alpha value is -1.81. The highest BCUT2D eigenvalue weighted by Crippen LogP contribution is 2.26. The molecule has 0 aliphatic rings. The van der Waals surface area contributed by atoms with Gasteiger partial charge >= 0.3 is 0 Å². The van der Waals surface area contributed by atoms with Gasteiger partial charge in [0.25, 0.3) is 0 Å². The molecule has 1 heterocycles. The Morgan fingerprint density at radius 3 is 2.75 bits per heavy atom. The topological polar surface area (TPSA) is 46.5 Å². The van der Waals surface area contributed by atoms with Gasteiger partial charge in [-0.2, -0.15) is 0 Å². The van der Waals surface area contributed by atoms with E-state index < -0.39 is 0 Å². The van der Waals surface area contributed by atoms with E-state index in [-0.39, 0.29) is 11.5 Å². The summed E-state index contributed by atoms with van der Waals surface area (Å²) in [5.74, 6) is 0.299. The Morgan fingerprint density at radius 1 is 1.38 bits per heavy atom. The molecule has 0 saturated carbocycles. The van der Waals surface area contributed by atoms with E-state index >= 15 is 0 Å². The lowest BCUT2D eigenvalue weighted by molar-refractivity contribution is 0.104. The van der Waals surface area contributed by atoms with Crippen molar-refractivity contribution in [2.45, 2.75) is 0 Å². The number of phenolic OH excluding ortho intramolecular Hbond substituents is 1. The van der Waals surface area contributed by atoms with Gasteiger partial charge in [-0.1, -0.05) is 6.07 Å². The molecule has 0 radical (unpaired) electrons. The molecule has 82 valence electrons. The van der Waals surface area contributed by atoms with Crippen LogP contribution in [0.25, 0.3) is 0 Å². The standard InChI is InChI=1S/C12H10O3S/c1-15-8-4-5-9(10(13)7-8)12(14)11-3-2-6-16-11/h2-7,13H,1H3. The molecule has 0 amide bonds. The number of hydrogen-bond donors (Lipinski definition) is 1. The molecule has 16 heavy (non-hydrogen) atoms. The first kappa shape index (κ1) is 10.7. The van der Waals surface area contributed by atoms with E-state index in [4.69, 9.17) is 4.74 Å². The van der Waals surface area contributed by atoms with E-state index in [1.54, 1.807) is 24.3 Å². The number of aromatic hydroxyl groups is 1. The van der Waals surface area contributed by atoms with Crippen molar-refractivity contribution in [3.8, 4) is 11.5 Å². The first-order valence-electron chi connectivity index (χ1n) is 4.67. The van der Waals surface area contributed by atoms with E-state index in [2.05, 4.69) is 0 Å². The fourth-order valence-electron chi connectivity index (χ4n) is 1.37. The Bertz CT molecular complexity index is 503. The number of hydrogen-bond acceptors (Lipinski definition) is 4. The quantitative estimate of drug-likeness (QED) is 0.830. The number of carbonyl (C=O) groups excluding carboxylic acids is 1. The summed E-state index contributed by atoms with van der Waals surface area (Å²) in [5.41, 5.74) is 0.295. The van der Waals surface area contributed by atoms with Gasteiger partial charge in [-0.05, 0) is 23.6 Å². The highest BCUT2D eigenvalue weighted by Gasteiger charge is 2.14. The molecule has 0 aliphatic heterocycles. The van der Waals surface area contributed by atoms with E-state index in [0.29, 0.717) is 16.2 Å². The van der Waals surface area contributed by atoms with Gasteiger partial charge in [0.2, 0.25) is 5.78 Å². The zero-order valence-corrected chi connectivity index (χ0v) is 9.45. The summed E-state index contributed by atoms with van der Waals surface area (Å²) in [7, 11) is 1.51. The second-order valence-corrected chi connectivity index (χ2v) is 4.14. The molecule has 2 aromatic rings. The number of benzene rings is 1. The predicted molar refractivity (Wildman–Crippen MR) is 62.4 cm³/mol. The Kier molecular flexibility index (Phi) is 2.92. The predicted octanol–water partition coefficient (Wildman–Crippen LogP) is 2.69. The fourth-order valence-corrected chi connectivity index (χ4v) is 2.05. The van der Waals surface area contributed by atoms with Crippen molar-refractivity contribution in [1.82, 2.24) is 0 Å². The number of ketones is 1. The van der Waals surface area contributed by atoms with Crippen molar-refractivity contribution >= 4 is 17.1 Å². The second-order valence-electron chi connectivity index (χ2n) is 3.19. The Balaban J connectivity index is 2.38. The molecule has 0 spiro atoms. The summed E-state index contributed by atoms with van der Waals surface area (Å²) in [6.07, 6.45) is 0. The van der Waals surface area contributed by atoms with Crippen molar-refractivity contribution in [2.75, 3.05) is 7.11 Å². The summed E-state index contributed by atoms with van der Waals surface area (Å²) >= 11 is 1.35. The molecule has 1 aromatic carbocycles. The van der Waals surface area contributed by atoms with Gasteiger partial charge < -0.3 is 9.84 Å². The lowest BCUT2D eigenvalue weighted by Crippen LogP contribution is -1.99. The molecule has 3 nitrogen and oxygen atoms in total. The zero-order chi connectivity index (χ0) is 11.5. The van der Waals surface area contributed by atoms with Crippen molar-refractivity contribution in [3.63, 3.8) is 0 Å². The third kappa shape index (κ3) is 1.92. The minimum atomic E-state index is -0.171. The van der Waals surface area contributed by atoms with Crippen LogP contribution < -0.4 is 4.74 Å².